The van der Waals surface area contributed by atoms with Crippen molar-refractivity contribution in [3.05, 3.63) is 82.2 Å². The van der Waals surface area contributed by atoms with E-state index in [4.69, 9.17) is 16.4 Å². The van der Waals surface area contributed by atoms with Crippen LogP contribution < -0.4 is 0 Å². The van der Waals surface area contributed by atoms with E-state index < -0.39 is 17.4 Å². The number of nitrogens with one attached hydrogen (secondary N) is 1. The fraction of sp³-hybridized carbons (Fsp3) is 0.150. The monoisotopic (exact) mass is 388 g/mol. The van der Waals surface area contributed by atoms with Crippen LogP contribution in [0, 0.1) is 11.6 Å². The number of aromatic amines is 1. The first-order valence-corrected chi connectivity index (χ1v) is 8.77. The van der Waals surface area contributed by atoms with E-state index in [1.54, 1.807) is 11.1 Å². The predicted molar refractivity (Wildman–Crippen MR) is 98.4 cm³/mol. The average molecular weight is 389 g/mol. The normalized spacial score (nSPS) is 14.4. The number of ketones is 1. The molecule has 4 rings (SSSR count). The van der Waals surface area contributed by atoms with Gasteiger partial charge in [0.05, 0.1) is 12.1 Å². The van der Waals surface area contributed by atoms with Gasteiger partial charge in [0.1, 0.15) is 11.6 Å². The molecule has 7 heteroatoms. The number of carbonyl (C=O) groups is 1. The molecule has 0 radical (unpaired) electrons. The highest BCUT2D eigenvalue weighted by molar-refractivity contribution is 6.31. The minimum absolute atomic E-state index is 0.00136. The molecule has 3 aromatic rings. The van der Waals surface area contributed by atoms with Gasteiger partial charge in [-0.2, -0.15) is 0 Å². The lowest BCUT2D eigenvalue weighted by atomic mass is 10.1. The summed E-state index contributed by atoms with van der Waals surface area (Å²) in [5, 5.41) is 3.30. The highest BCUT2D eigenvalue weighted by Gasteiger charge is 2.25. The van der Waals surface area contributed by atoms with Crippen LogP contribution in [0.25, 0.3) is 10.9 Å². The van der Waals surface area contributed by atoms with E-state index in [9.17, 15) is 13.6 Å². The molecule has 138 valence electrons. The lowest BCUT2D eigenvalue weighted by Crippen LogP contribution is -2.23. The molecule has 27 heavy (non-hydrogen) atoms. The zero-order chi connectivity index (χ0) is 19.0. The Morgan fingerprint density at radius 1 is 1.22 bits per heavy atom. The molecule has 2 aromatic carbocycles. The fourth-order valence-corrected chi connectivity index (χ4v) is 3.25. The largest absolute Gasteiger partial charge is 0.402 e. The van der Waals surface area contributed by atoms with Crippen LogP contribution in [0.3, 0.4) is 0 Å². The molecule has 0 spiro atoms. The molecular weight excluding hydrogens is 374 g/mol. The van der Waals surface area contributed by atoms with Gasteiger partial charge in [0, 0.05) is 28.7 Å². The van der Waals surface area contributed by atoms with Gasteiger partial charge < -0.3 is 9.82 Å². The van der Waals surface area contributed by atoms with Gasteiger partial charge in [-0.15, -0.1) is 5.06 Å². The number of H-pyrrole nitrogens is 1. The van der Waals surface area contributed by atoms with E-state index in [1.165, 1.54) is 0 Å². The second kappa shape index (κ2) is 7.13. The van der Waals surface area contributed by atoms with Gasteiger partial charge in [0.2, 0.25) is 5.78 Å². The van der Waals surface area contributed by atoms with Gasteiger partial charge in [-0.05, 0) is 54.5 Å². The number of hydrogen-bond acceptors (Lipinski definition) is 3. The van der Waals surface area contributed by atoms with E-state index in [2.05, 4.69) is 4.98 Å². The summed E-state index contributed by atoms with van der Waals surface area (Å²) >= 11 is 6.06. The van der Waals surface area contributed by atoms with Crippen molar-refractivity contribution in [1.29, 1.82) is 0 Å². The summed E-state index contributed by atoms with van der Waals surface area (Å²) in [6.07, 6.45) is 4.15. The molecule has 0 saturated heterocycles. The molecule has 1 aliphatic rings. The predicted octanol–water partition coefficient (Wildman–Crippen LogP) is 4.66. The van der Waals surface area contributed by atoms with Crippen molar-refractivity contribution >= 4 is 28.3 Å². The first kappa shape index (κ1) is 17.7. The number of nitrogens with zero attached hydrogens (tertiary/aromatic N) is 1. The van der Waals surface area contributed by atoms with Crippen LogP contribution in [-0.2, 0) is 11.3 Å². The number of fused-ring (bicyclic) bond motifs is 1. The van der Waals surface area contributed by atoms with Crippen molar-refractivity contribution in [1.82, 2.24) is 10.0 Å². The number of allylic oxidation sites excluding steroid dienone is 1. The van der Waals surface area contributed by atoms with E-state index in [1.807, 2.05) is 24.4 Å². The smallest absolute Gasteiger partial charge is 0.232 e. The molecule has 4 nitrogen and oxygen atoms in total. The quantitative estimate of drug-likeness (QED) is 0.647. The van der Waals surface area contributed by atoms with Gasteiger partial charge in [-0.1, -0.05) is 11.6 Å². The summed E-state index contributed by atoms with van der Waals surface area (Å²) in [5.41, 5.74) is 1.73. The van der Waals surface area contributed by atoms with E-state index in [-0.39, 0.29) is 11.3 Å². The fourth-order valence-electron chi connectivity index (χ4n) is 3.08. The first-order valence-electron chi connectivity index (χ1n) is 8.39. The summed E-state index contributed by atoms with van der Waals surface area (Å²) in [5.74, 6) is -2.12. The molecular formula is C20H15ClF2N2O2. The molecule has 0 unspecified atom stereocenters. The van der Waals surface area contributed by atoms with Gasteiger partial charge in [-0.3, -0.25) is 4.79 Å². The molecule has 1 N–H and O–H groups in total. The van der Waals surface area contributed by atoms with Gasteiger partial charge in [0.15, 0.2) is 5.76 Å². The van der Waals surface area contributed by atoms with Gasteiger partial charge in [-0.25, -0.2) is 8.78 Å². The van der Waals surface area contributed by atoms with Crippen molar-refractivity contribution in [2.45, 2.75) is 6.42 Å². The lowest BCUT2D eigenvalue weighted by Gasteiger charge is -2.15. The number of benzene rings is 2. The molecule has 0 fully saturated rings. The summed E-state index contributed by atoms with van der Waals surface area (Å²) in [6.45, 7) is 0.916. The maximum atomic E-state index is 13.8. The molecule has 0 aliphatic carbocycles. The molecule has 0 saturated carbocycles. The maximum Gasteiger partial charge on any atom is 0.232 e. The molecule has 0 amide bonds. The number of hydrogen-bond donors (Lipinski definition) is 1. The second-order valence-corrected chi connectivity index (χ2v) is 6.69. The van der Waals surface area contributed by atoms with E-state index in [0.29, 0.717) is 24.5 Å². The van der Waals surface area contributed by atoms with Crippen LogP contribution >= 0.6 is 11.6 Å². The average Bonchev–Trinajstić information content (AvgIpc) is 3.28. The highest BCUT2D eigenvalue weighted by Crippen LogP contribution is 2.24. The van der Waals surface area contributed by atoms with Crippen molar-refractivity contribution < 1.29 is 18.4 Å². The van der Waals surface area contributed by atoms with E-state index >= 15 is 0 Å². The van der Waals surface area contributed by atoms with Crippen LogP contribution in [0.2, 0.25) is 5.02 Å². The van der Waals surface area contributed by atoms with Crippen LogP contribution in [0.15, 0.2) is 54.4 Å². The second-order valence-electron chi connectivity index (χ2n) is 6.25. The zero-order valence-electron chi connectivity index (χ0n) is 14.1. The van der Waals surface area contributed by atoms with Crippen LogP contribution in [0.1, 0.15) is 15.9 Å². The van der Waals surface area contributed by atoms with Crippen molar-refractivity contribution in [2.24, 2.45) is 0 Å². The van der Waals surface area contributed by atoms with Crippen molar-refractivity contribution in [3.8, 4) is 0 Å². The third-order valence-electron chi connectivity index (χ3n) is 4.46. The maximum absolute atomic E-state index is 13.8. The topological polar surface area (TPSA) is 45.3 Å². The highest BCUT2D eigenvalue weighted by atomic mass is 35.5. The Bertz CT molecular complexity index is 1060. The molecule has 0 atom stereocenters. The number of aromatic nitrogens is 1. The number of rotatable bonds is 5. The number of halogens is 3. The Hall–Kier alpha value is -2.70. The summed E-state index contributed by atoms with van der Waals surface area (Å²) < 4.78 is 27.1. The zero-order valence-corrected chi connectivity index (χ0v) is 14.9. The third-order valence-corrected chi connectivity index (χ3v) is 4.70. The van der Waals surface area contributed by atoms with Crippen LogP contribution in [0.5, 0.6) is 0 Å². The SMILES string of the molecule is O=C(C1=CCN(CCc2c[nH]c3ccc(Cl)cc23)O1)c1cc(F)ccc1F. The van der Waals surface area contributed by atoms with Gasteiger partial charge >= 0.3 is 0 Å². The molecule has 2 heterocycles. The van der Waals surface area contributed by atoms with Crippen LogP contribution in [-0.4, -0.2) is 28.9 Å². The Kier molecular flexibility index (Phi) is 4.68. The Balaban J connectivity index is 1.41. The minimum Gasteiger partial charge on any atom is -0.402 e. The van der Waals surface area contributed by atoms with E-state index in [0.717, 1.165) is 34.7 Å². The molecule has 1 aromatic heterocycles. The van der Waals surface area contributed by atoms with Gasteiger partial charge in [0.25, 0.3) is 0 Å². The Morgan fingerprint density at radius 2 is 2.07 bits per heavy atom. The Morgan fingerprint density at radius 3 is 2.93 bits per heavy atom. The van der Waals surface area contributed by atoms with Crippen molar-refractivity contribution in [2.75, 3.05) is 13.1 Å². The number of hydroxylamine groups is 2. The summed E-state index contributed by atoms with van der Waals surface area (Å²) in [4.78, 5) is 21.1. The number of Topliss-reactive ketones (excluding diaryl/α,β-unsaturated/α-hetero) is 1. The number of carbonyl (C=O) groups excluding carboxylic acids is 1. The summed E-state index contributed by atoms with van der Waals surface area (Å²) in [6, 6.07) is 8.40. The molecule has 0 bridgehead atoms. The molecule has 1 aliphatic heterocycles. The van der Waals surface area contributed by atoms with Crippen LogP contribution in [0.4, 0.5) is 8.78 Å². The standard InChI is InChI=1S/C20H15ClF2N2O2/c21-13-1-4-18-15(9-13)12(11-24-18)5-7-25-8-6-19(27-25)20(26)16-10-14(22)2-3-17(16)23/h1-4,6,9-11,24H,5,7-8H2. The third kappa shape index (κ3) is 3.59. The first-order chi connectivity index (χ1) is 13.0. The minimum atomic E-state index is -0.778. The Labute approximate surface area is 158 Å². The van der Waals surface area contributed by atoms with Crippen molar-refractivity contribution in [3.63, 3.8) is 0 Å². The lowest BCUT2D eigenvalue weighted by molar-refractivity contribution is -0.0861. The summed E-state index contributed by atoms with van der Waals surface area (Å²) in [7, 11) is 0.